The smallest absolute Gasteiger partial charge is 0.416 e. The molecule has 6 nitrogen and oxygen atoms in total. The molecule has 2 unspecified atom stereocenters. The summed E-state index contributed by atoms with van der Waals surface area (Å²) in [7, 11) is 1.55. The first-order valence-electron chi connectivity index (χ1n) is 9.01. The van der Waals surface area contributed by atoms with E-state index >= 15 is 0 Å². The number of hydrogen-bond donors (Lipinski definition) is 1. The Balaban J connectivity index is 2.27. The van der Waals surface area contributed by atoms with Crippen molar-refractivity contribution < 1.29 is 27.8 Å². The van der Waals surface area contributed by atoms with Crippen LogP contribution in [0.1, 0.15) is 24.8 Å². The molecule has 0 aliphatic carbocycles. The SMILES string of the molecule is CCC(CN(C=O)c1cccn(CC(O)C(F)(F)F)c1=O)c1ccc(OC)cc1. The summed E-state index contributed by atoms with van der Waals surface area (Å²) < 4.78 is 43.7. The van der Waals surface area contributed by atoms with Crippen molar-refractivity contribution in [2.24, 2.45) is 0 Å². The first kappa shape index (κ1) is 22.5. The van der Waals surface area contributed by atoms with E-state index in [1.165, 1.54) is 17.0 Å². The predicted molar refractivity (Wildman–Crippen MR) is 102 cm³/mol. The molecule has 1 aromatic carbocycles. The Morgan fingerprint density at radius 3 is 2.41 bits per heavy atom. The van der Waals surface area contributed by atoms with Crippen LogP contribution >= 0.6 is 0 Å². The van der Waals surface area contributed by atoms with Crippen LogP contribution in [0.5, 0.6) is 5.75 Å². The molecule has 1 N–H and O–H groups in total. The van der Waals surface area contributed by atoms with Crippen molar-refractivity contribution in [2.75, 3.05) is 18.6 Å². The number of rotatable bonds is 9. The Morgan fingerprint density at radius 1 is 1.24 bits per heavy atom. The third-order valence-electron chi connectivity index (χ3n) is 4.68. The molecule has 0 aliphatic rings. The highest BCUT2D eigenvalue weighted by Crippen LogP contribution is 2.25. The van der Waals surface area contributed by atoms with Crippen LogP contribution in [0, 0.1) is 0 Å². The van der Waals surface area contributed by atoms with Gasteiger partial charge in [0.05, 0.1) is 13.7 Å². The van der Waals surface area contributed by atoms with Gasteiger partial charge < -0.3 is 19.3 Å². The summed E-state index contributed by atoms with van der Waals surface area (Å²) in [5.74, 6) is 0.588. The van der Waals surface area contributed by atoms with Crippen molar-refractivity contribution in [3.05, 3.63) is 58.5 Å². The van der Waals surface area contributed by atoms with Gasteiger partial charge in [0.2, 0.25) is 6.41 Å². The minimum absolute atomic E-state index is 0.0520. The zero-order valence-electron chi connectivity index (χ0n) is 16.1. The van der Waals surface area contributed by atoms with Gasteiger partial charge in [0.1, 0.15) is 11.4 Å². The number of anilines is 1. The van der Waals surface area contributed by atoms with E-state index in [9.17, 15) is 27.9 Å². The molecule has 9 heteroatoms. The van der Waals surface area contributed by atoms with Gasteiger partial charge in [-0.25, -0.2) is 0 Å². The molecular formula is C20H23F3N2O4. The molecule has 29 heavy (non-hydrogen) atoms. The van der Waals surface area contributed by atoms with Crippen LogP contribution in [0.4, 0.5) is 18.9 Å². The molecule has 1 aromatic heterocycles. The molecule has 0 spiro atoms. The average molecular weight is 412 g/mol. The number of aromatic nitrogens is 1. The molecule has 0 bridgehead atoms. The van der Waals surface area contributed by atoms with E-state index < -0.39 is 24.4 Å². The zero-order chi connectivity index (χ0) is 21.6. The van der Waals surface area contributed by atoms with Gasteiger partial charge in [-0.05, 0) is 36.2 Å². The summed E-state index contributed by atoms with van der Waals surface area (Å²) >= 11 is 0. The van der Waals surface area contributed by atoms with Gasteiger partial charge in [0, 0.05) is 18.7 Å². The van der Waals surface area contributed by atoms with Crippen molar-refractivity contribution in [3.8, 4) is 5.75 Å². The number of nitrogens with zero attached hydrogens (tertiary/aromatic N) is 2. The van der Waals surface area contributed by atoms with Crippen LogP contribution in [0.2, 0.25) is 0 Å². The van der Waals surface area contributed by atoms with E-state index in [4.69, 9.17) is 4.74 Å². The second-order valence-corrected chi connectivity index (χ2v) is 6.54. The van der Waals surface area contributed by atoms with Gasteiger partial charge >= 0.3 is 6.18 Å². The Hall–Kier alpha value is -2.81. The molecule has 158 valence electrons. The highest BCUT2D eigenvalue weighted by Gasteiger charge is 2.38. The zero-order valence-corrected chi connectivity index (χ0v) is 16.1. The van der Waals surface area contributed by atoms with E-state index in [0.717, 1.165) is 16.3 Å². The number of carbonyl (C=O) groups excluding carboxylic acids is 1. The molecule has 2 rings (SSSR count). The normalized spacial score (nSPS) is 13.6. The van der Waals surface area contributed by atoms with Crippen LogP contribution in [0.3, 0.4) is 0 Å². The van der Waals surface area contributed by atoms with Crippen LogP contribution in [-0.4, -0.2) is 42.0 Å². The maximum Gasteiger partial charge on any atom is 0.416 e. The maximum atomic E-state index is 12.6. The molecule has 0 saturated heterocycles. The number of aliphatic hydroxyl groups is 1. The maximum absolute atomic E-state index is 12.6. The lowest BCUT2D eigenvalue weighted by atomic mass is 9.95. The number of halogens is 3. The number of benzene rings is 1. The number of methoxy groups -OCH3 is 1. The van der Waals surface area contributed by atoms with Gasteiger partial charge in [-0.15, -0.1) is 0 Å². The Bertz CT molecular complexity index is 865. The van der Waals surface area contributed by atoms with E-state index in [2.05, 4.69) is 0 Å². The number of amides is 1. The highest BCUT2D eigenvalue weighted by molar-refractivity contribution is 5.74. The Morgan fingerprint density at radius 2 is 1.90 bits per heavy atom. The third-order valence-corrected chi connectivity index (χ3v) is 4.68. The topological polar surface area (TPSA) is 71.8 Å². The quantitative estimate of drug-likeness (QED) is 0.643. The Labute approximate surface area is 166 Å². The van der Waals surface area contributed by atoms with Crippen molar-refractivity contribution in [1.82, 2.24) is 4.57 Å². The summed E-state index contributed by atoms with van der Waals surface area (Å²) in [6.45, 7) is 1.16. The van der Waals surface area contributed by atoms with Crippen LogP contribution in [0.25, 0.3) is 0 Å². The standard InChI is InChI=1S/C20H23F3N2O4/c1-3-14(15-6-8-16(29-2)9-7-15)11-25(13-26)17-5-4-10-24(19(17)28)12-18(27)20(21,22)23/h4-10,13-14,18,27H,3,11-12H2,1-2H3. The second kappa shape index (κ2) is 9.60. The van der Waals surface area contributed by atoms with Gasteiger partial charge in [-0.2, -0.15) is 13.2 Å². The lowest BCUT2D eigenvalue weighted by Crippen LogP contribution is -2.38. The van der Waals surface area contributed by atoms with Crippen LogP contribution < -0.4 is 15.2 Å². The number of alkyl halides is 3. The van der Waals surface area contributed by atoms with Crippen molar-refractivity contribution in [2.45, 2.75) is 38.1 Å². The number of hydrogen-bond acceptors (Lipinski definition) is 4. The highest BCUT2D eigenvalue weighted by atomic mass is 19.4. The predicted octanol–water partition coefficient (Wildman–Crippen LogP) is 2.94. The molecule has 1 heterocycles. The fourth-order valence-electron chi connectivity index (χ4n) is 2.96. The van der Waals surface area contributed by atoms with Crippen LogP contribution in [-0.2, 0) is 11.3 Å². The molecule has 0 saturated carbocycles. The summed E-state index contributed by atoms with van der Waals surface area (Å²) in [6, 6.07) is 10.0. The fraction of sp³-hybridized carbons (Fsp3) is 0.400. The van der Waals surface area contributed by atoms with Crippen molar-refractivity contribution >= 4 is 12.1 Å². The van der Waals surface area contributed by atoms with Crippen molar-refractivity contribution in [3.63, 3.8) is 0 Å². The molecule has 0 radical (unpaired) electrons. The first-order chi connectivity index (χ1) is 13.7. The lowest BCUT2D eigenvalue weighted by molar-refractivity contribution is -0.207. The average Bonchev–Trinajstić information content (AvgIpc) is 2.70. The number of ether oxygens (including phenoxy) is 1. The summed E-state index contributed by atoms with van der Waals surface area (Å²) in [4.78, 5) is 25.4. The largest absolute Gasteiger partial charge is 0.497 e. The minimum atomic E-state index is -4.85. The summed E-state index contributed by atoms with van der Waals surface area (Å²) in [6.07, 6.45) is -5.23. The van der Waals surface area contributed by atoms with E-state index in [1.807, 2.05) is 19.1 Å². The first-order valence-corrected chi connectivity index (χ1v) is 9.01. The van der Waals surface area contributed by atoms with Gasteiger partial charge in [-0.3, -0.25) is 9.59 Å². The lowest BCUT2D eigenvalue weighted by Gasteiger charge is -2.24. The second-order valence-electron chi connectivity index (χ2n) is 6.54. The molecule has 2 atom stereocenters. The fourth-order valence-corrected chi connectivity index (χ4v) is 2.96. The number of carbonyl (C=O) groups is 1. The number of aliphatic hydroxyl groups excluding tert-OH is 1. The molecule has 2 aromatic rings. The molecule has 0 fully saturated rings. The summed E-state index contributed by atoms with van der Waals surface area (Å²) in [5.41, 5.74) is 0.0974. The van der Waals surface area contributed by atoms with Crippen molar-refractivity contribution in [1.29, 1.82) is 0 Å². The molecule has 0 aliphatic heterocycles. The van der Waals surface area contributed by atoms with Gasteiger partial charge in [-0.1, -0.05) is 19.1 Å². The van der Waals surface area contributed by atoms with E-state index in [-0.39, 0.29) is 18.2 Å². The van der Waals surface area contributed by atoms with E-state index in [0.29, 0.717) is 18.6 Å². The molecule has 1 amide bonds. The number of pyridine rings is 1. The minimum Gasteiger partial charge on any atom is -0.497 e. The summed E-state index contributed by atoms with van der Waals surface area (Å²) in [5, 5.41) is 9.25. The third kappa shape index (κ3) is 5.60. The van der Waals surface area contributed by atoms with Crippen LogP contribution in [0.15, 0.2) is 47.4 Å². The molecular weight excluding hydrogens is 389 g/mol. The van der Waals surface area contributed by atoms with Gasteiger partial charge in [0.15, 0.2) is 6.10 Å². The Kier molecular flexibility index (Phi) is 7.44. The monoisotopic (exact) mass is 412 g/mol. The van der Waals surface area contributed by atoms with E-state index in [1.54, 1.807) is 19.2 Å². The van der Waals surface area contributed by atoms with Gasteiger partial charge in [0.25, 0.3) is 5.56 Å².